The molecular formula is C20H22N4O3. The zero-order valence-corrected chi connectivity index (χ0v) is 15.6. The number of carbonyl (C=O) groups is 1. The molecule has 140 valence electrons. The molecule has 7 nitrogen and oxygen atoms in total. The molecule has 3 aromatic rings. The molecule has 0 saturated heterocycles. The van der Waals surface area contributed by atoms with E-state index in [1.165, 1.54) is 0 Å². The Hall–Kier alpha value is -3.09. The molecule has 1 amide bonds. The highest BCUT2D eigenvalue weighted by Crippen LogP contribution is 2.41. The fourth-order valence-corrected chi connectivity index (χ4v) is 3.16. The minimum Gasteiger partial charge on any atom is -0.495 e. The van der Waals surface area contributed by atoms with Gasteiger partial charge in [-0.3, -0.25) is 4.79 Å². The molecule has 1 aliphatic carbocycles. The van der Waals surface area contributed by atoms with E-state index >= 15 is 0 Å². The minimum atomic E-state index is -0.237. The van der Waals surface area contributed by atoms with Crippen LogP contribution in [0.2, 0.25) is 0 Å². The maximum atomic E-state index is 13.1. The van der Waals surface area contributed by atoms with Gasteiger partial charge in [-0.1, -0.05) is 19.0 Å². The third-order valence-electron chi connectivity index (χ3n) is 4.77. The van der Waals surface area contributed by atoms with Crippen LogP contribution >= 0.6 is 0 Å². The topological polar surface area (TPSA) is 103 Å². The summed E-state index contributed by atoms with van der Waals surface area (Å²) in [7, 11) is 1.55. The van der Waals surface area contributed by atoms with Crippen LogP contribution < -0.4 is 15.8 Å². The number of amides is 1. The summed E-state index contributed by atoms with van der Waals surface area (Å²) in [4.78, 5) is 17.7. The van der Waals surface area contributed by atoms with Crippen LogP contribution in [-0.2, 0) is 0 Å². The fourth-order valence-electron chi connectivity index (χ4n) is 3.16. The van der Waals surface area contributed by atoms with E-state index in [-0.39, 0.29) is 11.8 Å². The first-order valence-electron chi connectivity index (χ1n) is 9.03. The lowest BCUT2D eigenvalue weighted by Gasteiger charge is -2.11. The van der Waals surface area contributed by atoms with Crippen molar-refractivity contribution in [2.45, 2.75) is 38.5 Å². The van der Waals surface area contributed by atoms with E-state index in [0.717, 1.165) is 24.2 Å². The zero-order chi connectivity index (χ0) is 19.1. The number of hydrogen-bond donors (Lipinski definition) is 2. The number of aromatic nitrogens is 2. The third-order valence-corrected chi connectivity index (χ3v) is 4.77. The summed E-state index contributed by atoms with van der Waals surface area (Å²) in [5, 5.41) is 7.74. The number of nitrogens with two attached hydrogens (primary N) is 1. The van der Waals surface area contributed by atoms with Crippen molar-refractivity contribution in [3.63, 3.8) is 0 Å². The van der Waals surface area contributed by atoms with Gasteiger partial charge in [-0.2, -0.15) is 0 Å². The summed E-state index contributed by atoms with van der Waals surface area (Å²) in [6, 6.07) is 7.02. The molecule has 0 radical (unpaired) electrons. The van der Waals surface area contributed by atoms with E-state index in [1.54, 1.807) is 25.3 Å². The van der Waals surface area contributed by atoms with Crippen molar-refractivity contribution in [2.75, 3.05) is 18.2 Å². The third kappa shape index (κ3) is 3.20. The van der Waals surface area contributed by atoms with Crippen molar-refractivity contribution >= 4 is 28.4 Å². The molecule has 7 heteroatoms. The molecule has 4 rings (SSSR count). The van der Waals surface area contributed by atoms with Gasteiger partial charge in [0.15, 0.2) is 0 Å². The van der Waals surface area contributed by atoms with Gasteiger partial charge in [0, 0.05) is 17.3 Å². The van der Waals surface area contributed by atoms with Gasteiger partial charge in [-0.05, 0) is 43.0 Å². The number of nitrogen functional groups attached to an aromatic ring is 1. The van der Waals surface area contributed by atoms with Gasteiger partial charge < -0.3 is 20.3 Å². The summed E-state index contributed by atoms with van der Waals surface area (Å²) in [6.45, 7) is 4.02. The number of anilines is 2. The van der Waals surface area contributed by atoms with Crippen LogP contribution in [0.5, 0.6) is 5.75 Å². The van der Waals surface area contributed by atoms with Gasteiger partial charge in [-0.15, -0.1) is 0 Å². The molecule has 0 atom stereocenters. The second-order valence-electron chi connectivity index (χ2n) is 7.18. The average molecular weight is 366 g/mol. The van der Waals surface area contributed by atoms with Crippen LogP contribution in [0.15, 0.2) is 28.8 Å². The first-order valence-corrected chi connectivity index (χ1v) is 9.03. The highest BCUT2D eigenvalue weighted by molar-refractivity contribution is 6.12. The molecule has 2 aromatic heterocycles. The number of hydrogen-bond acceptors (Lipinski definition) is 6. The van der Waals surface area contributed by atoms with Gasteiger partial charge in [0.1, 0.15) is 5.75 Å². The number of benzene rings is 1. The van der Waals surface area contributed by atoms with E-state index in [1.807, 2.05) is 19.9 Å². The average Bonchev–Trinajstić information content (AvgIpc) is 3.40. The molecule has 2 heterocycles. The van der Waals surface area contributed by atoms with Crippen molar-refractivity contribution in [1.29, 1.82) is 0 Å². The molecule has 3 N–H and O–H groups in total. The second kappa shape index (κ2) is 6.57. The van der Waals surface area contributed by atoms with Crippen LogP contribution in [0.3, 0.4) is 0 Å². The normalized spacial score (nSPS) is 13.9. The molecule has 1 fully saturated rings. The monoisotopic (exact) mass is 366 g/mol. The molecule has 27 heavy (non-hydrogen) atoms. The smallest absolute Gasteiger partial charge is 0.259 e. The Morgan fingerprint density at radius 1 is 1.33 bits per heavy atom. The zero-order valence-electron chi connectivity index (χ0n) is 15.6. The number of nitrogens with zero attached hydrogens (tertiary/aromatic N) is 2. The van der Waals surface area contributed by atoms with Crippen molar-refractivity contribution < 1.29 is 14.1 Å². The summed E-state index contributed by atoms with van der Waals surface area (Å²) >= 11 is 0. The number of fused-ring (bicyclic) bond motifs is 1. The Morgan fingerprint density at radius 3 is 2.74 bits per heavy atom. The number of carbonyl (C=O) groups excluding carboxylic acids is 1. The Kier molecular flexibility index (Phi) is 4.22. The van der Waals surface area contributed by atoms with Crippen LogP contribution in [-0.4, -0.2) is 23.2 Å². The van der Waals surface area contributed by atoms with Crippen molar-refractivity contribution in [1.82, 2.24) is 10.1 Å². The molecule has 0 spiro atoms. The maximum Gasteiger partial charge on any atom is 0.259 e. The molecule has 0 unspecified atom stereocenters. The number of pyridine rings is 1. The molecule has 1 saturated carbocycles. The van der Waals surface area contributed by atoms with Gasteiger partial charge in [0.2, 0.25) is 0 Å². The predicted octanol–water partition coefficient (Wildman–Crippen LogP) is 4.07. The standard InChI is InChI=1S/C20H22N4O3/c1-10(2)18-17-13(9-15(11-4-5-11)23-20(17)27-24-18)19(25)22-12-6-7-16(26-3)14(21)8-12/h6-11H,4-5,21H2,1-3H3,(H,22,25). The molecule has 1 aromatic carbocycles. The van der Waals surface area contributed by atoms with Crippen molar-refractivity contribution in [2.24, 2.45) is 0 Å². The van der Waals surface area contributed by atoms with E-state index in [9.17, 15) is 4.79 Å². The van der Waals surface area contributed by atoms with Gasteiger partial charge in [0.25, 0.3) is 11.6 Å². The second-order valence-corrected chi connectivity index (χ2v) is 7.18. The predicted molar refractivity (Wildman–Crippen MR) is 103 cm³/mol. The fraction of sp³-hybridized carbons (Fsp3) is 0.350. The summed E-state index contributed by atoms with van der Waals surface area (Å²) in [5.74, 6) is 0.837. The van der Waals surface area contributed by atoms with Gasteiger partial charge >= 0.3 is 0 Å². The highest BCUT2D eigenvalue weighted by Gasteiger charge is 2.29. The Bertz CT molecular complexity index is 1020. The molecule has 0 aliphatic heterocycles. The lowest BCUT2D eigenvalue weighted by atomic mass is 10.0. The number of ether oxygens (including phenoxy) is 1. The van der Waals surface area contributed by atoms with Crippen molar-refractivity contribution in [3.8, 4) is 5.75 Å². The van der Waals surface area contributed by atoms with Crippen LogP contribution in [0.1, 0.15) is 60.3 Å². The van der Waals surface area contributed by atoms with Crippen molar-refractivity contribution in [3.05, 3.63) is 41.2 Å². The maximum absolute atomic E-state index is 13.1. The van der Waals surface area contributed by atoms with E-state index in [2.05, 4.69) is 15.5 Å². The summed E-state index contributed by atoms with van der Waals surface area (Å²) in [6.07, 6.45) is 2.17. The lowest BCUT2D eigenvalue weighted by molar-refractivity contribution is 0.102. The number of rotatable bonds is 5. The van der Waals surface area contributed by atoms with Gasteiger partial charge in [-0.25, -0.2) is 4.98 Å². The van der Waals surface area contributed by atoms with Crippen LogP contribution in [0.4, 0.5) is 11.4 Å². The first-order chi connectivity index (χ1) is 13.0. The summed E-state index contributed by atoms with van der Waals surface area (Å²) in [5.41, 5.74) is 9.57. The largest absolute Gasteiger partial charge is 0.495 e. The minimum absolute atomic E-state index is 0.114. The SMILES string of the molecule is COc1ccc(NC(=O)c2cc(C3CC3)nc3onc(C(C)C)c23)cc1N. The highest BCUT2D eigenvalue weighted by atomic mass is 16.5. The number of nitrogens with one attached hydrogen (secondary N) is 1. The van der Waals surface area contributed by atoms with E-state index < -0.39 is 0 Å². The quantitative estimate of drug-likeness (QED) is 0.660. The van der Waals surface area contributed by atoms with E-state index in [0.29, 0.717) is 39.7 Å². The van der Waals surface area contributed by atoms with Gasteiger partial charge in [0.05, 0.1) is 29.4 Å². The summed E-state index contributed by atoms with van der Waals surface area (Å²) < 4.78 is 10.6. The molecule has 1 aliphatic rings. The molecule has 0 bridgehead atoms. The molecular weight excluding hydrogens is 344 g/mol. The Morgan fingerprint density at radius 2 is 2.11 bits per heavy atom. The Labute approximate surface area is 156 Å². The number of methoxy groups -OCH3 is 1. The first kappa shape index (κ1) is 17.3. The van der Waals surface area contributed by atoms with Crippen LogP contribution in [0.25, 0.3) is 11.1 Å². The Balaban J connectivity index is 1.75. The van der Waals surface area contributed by atoms with Crippen LogP contribution in [0, 0.1) is 0 Å². The lowest BCUT2D eigenvalue weighted by Crippen LogP contribution is -2.14. The van der Waals surface area contributed by atoms with E-state index in [4.69, 9.17) is 15.0 Å².